The molecule has 1 saturated carbocycles. The van der Waals surface area contributed by atoms with Crippen LogP contribution in [0.5, 0.6) is 0 Å². The highest BCUT2D eigenvalue weighted by Gasteiger charge is 2.29. The fourth-order valence-corrected chi connectivity index (χ4v) is 1.69. The maximum atomic E-state index is 11.2. The SMILES string of the molecule is C/C=C/CC(O)C1CCCC1=O. The molecule has 2 nitrogen and oxygen atoms in total. The first-order valence-electron chi connectivity index (χ1n) is 4.57. The van der Waals surface area contributed by atoms with Crippen LogP contribution in [0.3, 0.4) is 0 Å². The molecule has 2 heteroatoms. The normalized spacial score (nSPS) is 26.8. The second-order valence-electron chi connectivity index (χ2n) is 3.34. The largest absolute Gasteiger partial charge is 0.392 e. The number of hydrogen-bond acceptors (Lipinski definition) is 2. The van der Waals surface area contributed by atoms with Gasteiger partial charge in [-0.1, -0.05) is 12.2 Å². The molecule has 0 spiro atoms. The summed E-state index contributed by atoms with van der Waals surface area (Å²) in [6.45, 7) is 1.92. The van der Waals surface area contributed by atoms with Crippen molar-refractivity contribution in [1.29, 1.82) is 0 Å². The van der Waals surface area contributed by atoms with Gasteiger partial charge in [-0.2, -0.15) is 0 Å². The minimum atomic E-state index is -0.448. The summed E-state index contributed by atoms with van der Waals surface area (Å²) in [6, 6.07) is 0. The topological polar surface area (TPSA) is 37.3 Å². The van der Waals surface area contributed by atoms with Gasteiger partial charge < -0.3 is 5.11 Å². The van der Waals surface area contributed by atoms with E-state index < -0.39 is 6.10 Å². The molecular formula is C10H16O2. The van der Waals surface area contributed by atoms with E-state index in [0.29, 0.717) is 12.8 Å². The molecule has 1 N–H and O–H groups in total. The molecule has 0 aromatic heterocycles. The smallest absolute Gasteiger partial charge is 0.138 e. The quantitative estimate of drug-likeness (QED) is 0.651. The van der Waals surface area contributed by atoms with Crippen LogP contribution in [0.4, 0.5) is 0 Å². The van der Waals surface area contributed by atoms with E-state index in [1.165, 1.54) is 0 Å². The minimum absolute atomic E-state index is 0.0822. The molecule has 0 heterocycles. The van der Waals surface area contributed by atoms with Gasteiger partial charge in [0, 0.05) is 12.3 Å². The molecule has 0 radical (unpaired) electrons. The Balaban J connectivity index is 2.40. The summed E-state index contributed by atoms with van der Waals surface area (Å²) in [5.74, 6) is 0.160. The highest BCUT2D eigenvalue weighted by Crippen LogP contribution is 2.25. The van der Waals surface area contributed by atoms with E-state index in [4.69, 9.17) is 0 Å². The van der Waals surface area contributed by atoms with Crippen LogP contribution in [-0.4, -0.2) is 17.0 Å². The van der Waals surface area contributed by atoms with Crippen LogP contribution in [0.1, 0.15) is 32.6 Å². The number of allylic oxidation sites excluding steroid dienone is 1. The fraction of sp³-hybridized carbons (Fsp3) is 0.700. The number of carbonyl (C=O) groups is 1. The van der Waals surface area contributed by atoms with Crippen LogP contribution < -0.4 is 0 Å². The van der Waals surface area contributed by atoms with E-state index in [1.54, 1.807) is 0 Å². The van der Waals surface area contributed by atoms with E-state index in [2.05, 4.69) is 0 Å². The van der Waals surface area contributed by atoms with Crippen molar-refractivity contribution < 1.29 is 9.90 Å². The van der Waals surface area contributed by atoms with Crippen molar-refractivity contribution in [3.8, 4) is 0 Å². The van der Waals surface area contributed by atoms with Gasteiger partial charge in [-0.3, -0.25) is 4.79 Å². The molecule has 12 heavy (non-hydrogen) atoms. The van der Waals surface area contributed by atoms with Crippen molar-refractivity contribution in [3.05, 3.63) is 12.2 Å². The maximum Gasteiger partial charge on any atom is 0.138 e. The maximum absolute atomic E-state index is 11.2. The summed E-state index contributed by atoms with van der Waals surface area (Å²) in [7, 11) is 0. The molecule has 2 unspecified atom stereocenters. The molecule has 1 aliphatic carbocycles. The average molecular weight is 168 g/mol. The van der Waals surface area contributed by atoms with E-state index in [-0.39, 0.29) is 11.7 Å². The molecular weight excluding hydrogens is 152 g/mol. The molecule has 0 aromatic carbocycles. The Kier molecular flexibility index (Phi) is 3.48. The lowest BCUT2D eigenvalue weighted by molar-refractivity contribution is -0.123. The third-order valence-corrected chi connectivity index (χ3v) is 2.43. The third-order valence-electron chi connectivity index (χ3n) is 2.43. The molecule has 0 aliphatic heterocycles. The number of aliphatic hydroxyl groups is 1. The lowest BCUT2D eigenvalue weighted by Crippen LogP contribution is -2.23. The van der Waals surface area contributed by atoms with Crippen molar-refractivity contribution in [2.45, 2.75) is 38.7 Å². The van der Waals surface area contributed by atoms with Crippen molar-refractivity contribution in [2.24, 2.45) is 5.92 Å². The Morgan fingerprint density at radius 3 is 3.00 bits per heavy atom. The van der Waals surface area contributed by atoms with Gasteiger partial charge in [-0.05, 0) is 26.2 Å². The molecule has 1 aliphatic rings. The van der Waals surface area contributed by atoms with Crippen LogP contribution in [0.2, 0.25) is 0 Å². The van der Waals surface area contributed by atoms with Crippen LogP contribution in [0.25, 0.3) is 0 Å². The molecule has 0 saturated heterocycles. The van der Waals surface area contributed by atoms with Gasteiger partial charge in [-0.15, -0.1) is 0 Å². The molecule has 1 fully saturated rings. The van der Waals surface area contributed by atoms with Crippen molar-refractivity contribution in [3.63, 3.8) is 0 Å². The van der Waals surface area contributed by atoms with E-state index >= 15 is 0 Å². The lowest BCUT2D eigenvalue weighted by atomic mass is 9.97. The first-order chi connectivity index (χ1) is 5.75. The minimum Gasteiger partial charge on any atom is -0.392 e. The molecule has 0 amide bonds. The fourth-order valence-electron chi connectivity index (χ4n) is 1.69. The Bertz CT molecular complexity index is 184. The summed E-state index contributed by atoms with van der Waals surface area (Å²) in [6.07, 6.45) is 6.48. The van der Waals surface area contributed by atoms with Gasteiger partial charge in [0.25, 0.3) is 0 Å². The molecule has 0 bridgehead atoms. The van der Waals surface area contributed by atoms with Crippen LogP contribution in [0, 0.1) is 5.92 Å². The summed E-state index contributed by atoms with van der Waals surface area (Å²) in [4.78, 5) is 11.2. The molecule has 2 atom stereocenters. The second kappa shape index (κ2) is 4.41. The van der Waals surface area contributed by atoms with Crippen LogP contribution in [-0.2, 0) is 4.79 Å². The van der Waals surface area contributed by atoms with E-state index in [1.807, 2.05) is 19.1 Å². The Labute approximate surface area is 73.3 Å². The summed E-state index contributed by atoms with van der Waals surface area (Å²) in [5, 5.41) is 9.58. The number of hydrogen-bond donors (Lipinski definition) is 1. The van der Waals surface area contributed by atoms with Crippen molar-refractivity contribution in [2.75, 3.05) is 0 Å². The van der Waals surface area contributed by atoms with Gasteiger partial charge >= 0.3 is 0 Å². The van der Waals surface area contributed by atoms with E-state index in [0.717, 1.165) is 12.8 Å². The number of aliphatic hydroxyl groups excluding tert-OH is 1. The molecule has 0 aromatic rings. The molecule has 68 valence electrons. The first-order valence-corrected chi connectivity index (χ1v) is 4.57. The van der Waals surface area contributed by atoms with Crippen molar-refractivity contribution >= 4 is 5.78 Å². The average Bonchev–Trinajstić information content (AvgIpc) is 2.47. The summed E-state index contributed by atoms with van der Waals surface area (Å²) in [5.41, 5.74) is 0. The summed E-state index contributed by atoms with van der Waals surface area (Å²) < 4.78 is 0. The van der Waals surface area contributed by atoms with Gasteiger partial charge in [0.1, 0.15) is 5.78 Å². The zero-order chi connectivity index (χ0) is 8.97. The van der Waals surface area contributed by atoms with Crippen molar-refractivity contribution in [1.82, 2.24) is 0 Å². The highest BCUT2D eigenvalue weighted by atomic mass is 16.3. The lowest BCUT2D eigenvalue weighted by Gasteiger charge is -2.13. The predicted octanol–water partition coefficient (Wildman–Crippen LogP) is 1.68. The van der Waals surface area contributed by atoms with Crippen LogP contribution in [0.15, 0.2) is 12.2 Å². The first kappa shape index (κ1) is 9.46. The van der Waals surface area contributed by atoms with Crippen LogP contribution >= 0.6 is 0 Å². The second-order valence-corrected chi connectivity index (χ2v) is 3.34. The zero-order valence-corrected chi connectivity index (χ0v) is 7.49. The van der Waals surface area contributed by atoms with Gasteiger partial charge in [0.2, 0.25) is 0 Å². The monoisotopic (exact) mass is 168 g/mol. The Morgan fingerprint density at radius 1 is 1.75 bits per heavy atom. The zero-order valence-electron chi connectivity index (χ0n) is 7.49. The third kappa shape index (κ3) is 2.18. The number of ketones is 1. The number of Topliss-reactive ketones (excluding diaryl/α,β-unsaturated/α-hetero) is 1. The van der Waals surface area contributed by atoms with Gasteiger partial charge in [0.15, 0.2) is 0 Å². The molecule has 1 rings (SSSR count). The predicted molar refractivity (Wildman–Crippen MR) is 47.8 cm³/mol. The summed E-state index contributed by atoms with van der Waals surface area (Å²) >= 11 is 0. The van der Waals surface area contributed by atoms with Gasteiger partial charge in [-0.25, -0.2) is 0 Å². The highest BCUT2D eigenvalue weighted by molar-refractivity contribution is 5.83. The standard InChI is InChI=1S/C10H16O2/c1-2-3-6-9(11)8-5-4-7-10(8)12/h2-3,8-9,11H,4-7H2,1H3/b3-2+. The Morgan fingerprint density at radius 2 is 2.50 bits per heavy atom. The Hall–Kier alpha value is -0.630. The number of rotatable bonds is 3. The van der Waals surface area contributed by atoms with Gasteiger partial charge in [0.05, 0.1) is 6.10 Å². The van der Waals surface area contributed by atoms with E-state index in [9.17, 15) is 9.90 Å². The number of carbonyl (C=O) groups excluding carboxylic acids is 1.